The van der Waals surface area contributed by atoms with Gasteiger partial charge in [-0.05, 0) is 38.8 Å². The van der Waals surface area contributed by atoms with Crippen LogP contribution >= 0.6 is 11.6 Å². The number of aromatic nitrogens is 1. The van der Waals surface area contributed by atoms with Crippen LogP contribution in [0.15, 0.2) is 29.2 Å². The second-order valence-corrected chi connectivity index (χ2v) is 9.25. The van der Waals surface area contributed by atoms with Crippen molar-refractivity contribution in [3.63, 3.8) is 0 Å². The smallest absolute Gasteiger partial charge is 0.264 e. The van der Waals surface area contributed by atoms with Crippen molar-refractivity contribution in [1.29, 1.82) is 0 Å². The molecule has 6 nitrogen and oxygen atoms in total. The van der Waals surface area contributed by atoms with Gasteiger partial charge in [0.1, 0.15) is 4.90 Å². The molecule has 28 heavy (non-hydrogen) atoms. The van der Waals surface area contributed by atoms with Crippen molar-refractivity contribution < 1.29 is 13.2 Å². The second-order valence-electron chi connectivity index (χ2n) is 7.23. The Morgan fingerprint density at radius 1 is 1.04 bits per heavy atom. The fourth-order valence-electron chi connectivity index (χ4n) is 3.67. The molecule has 1 saturated heterocycles. The lowest BCUT2D eigenvalue weighted by molar-refractivity contribution is 0.0757. The Hall–Kier alpha value is -1.99. The zero-order valence-electron chi connectivity index (χ0n) is 16.5. The first kappa shape index (κ1) is 20.7. The van der Waals surface area contributed by atoms with Crippen molar-refractivity contribution in [3.8, 4) is 0 Å². The summed E-state index contributed by atoms with van der Waals surface area (Å²) < 4.78 is 30.8. The van der Waals surface area contributed by atoms with Crippen molar-refractivity contribution in [3.05, 3.63) is 46.2 Å². The van der Waals surface area contributed by atoms with E-state index in [4.69, 9.17) is 11.6 Å². The van der Waals surface area contributed by atoms with E-state index in [1.165, 1.54) is 0 Å². The lowest BCUT2D eigenvalue weighted by atomic mass is 10.2. The molecule has 3 rings (SSSR count). The van der Waals surface area contributed by atoms with Gasteiger partial charge in [0.15, 0.2) is 0 Å². The third-order valence-corrected chi connectivity index (χ3v) is 7.27. The van der Waals surface area contributed by atoms with E-state index < -0.39 is 10.0 Å². The highest BCUT2D eigenvalue weighted by Gasteiger charge is 2.33. The van der Waals surface area contributed by atoms with Gasteiger partial charge in [-0.2, -0.15) is 0 Å². The molecule has 1 aromatic carbocycles. The van der Waals surface area contributed by atoms with E-state index in [-0.39, 0.29) is 16.4 Å². The third-order valence-electron chi connectivity index (χ3n) is 5.42. The van der Waals surface area contributed by atoms with Crippen LogP contribution in [0.25, 0.3) is 0 Å². The van der Waals surface area contributed by atoms with Gasteiger partial charge in [-0.15, -0.1) is 0 Å². The molecule has 0 bridgehead atoms. The molecule has 0 unspecified atom stereocenters. The zero-order valence-corrected chi connectivity index (χ0v) is 18.0. The molecule has 8 heteroatoms. The Balaban J connectivity index is 2.07. The minimum Gasteiger partial charge on any atom is -0.350 e. The Morgan fingerprint density at radius 3 is 2.25 bits per heavy atom. The summed E-state index contributed by atoms with van der Waals surface area (Å²) in [5.41, 5.74) is 1.71. The molecule has 1 amide bonds. The molecule has 2 heterocycles. The zero-order chi connectivity index (χ0) is 20.5. The van der Waals surface area contributed by atoms with Gasteiger partial charge in [0.2, 0.25) is 0 Å². The van der Waals surface area contributed by atoms with E-state index in [1.807, 2.05) is 0 Å². The fourth-order valence-corrected chi connectivity index (χ4v) is 5.51. The highest BCUT2D eigenvalue weighted by molar-refractivity contribution is 7.92. The number of benzene rings is 1. The van der Waals surface area contributed by atoms with Crippen molar-refractivity contribution in [1.82, 2.24) is 9.47 Å². The van der Waals surface area contributed by atoms with Gasteiger partial charge < -0.3 is 9.47 Å². The maximum absolute atomic E-state index is 13.3. The summed E-state index contributed by atoms with van der Waals surface area (Å²) in [6.07, 6.45) is 4.07. The average Bonchev–Trinajstić information content (AvgIpc) is 2.86. The Morgan fingerprint density at radius 2 is 1.64 bits per heavy atom. The summed E-state index contributed by atoms with van der Waals surface area (Å²) in [5, 5.41) is 0.303. The van der Waals surface area contributed by atoms with Crippen molar-refractivity contribution >= 4 is 33.2 Å². The minimum absolute atomic E-state index is 0.0293. The van der Waals surface area contributed by atoms with Gasteiger partial charge in [0.25, 0.3) is 15.9 Å². The van der Waals surface area contributed by atoms with Gasteiger partial charge in [0.05, 0.1) is 16.3 Å². The fraction of sp³-hybridized carbons (Fsp3) is 0.450. The maximum Gasteiger partial charge on any atom is 0.264 e. The molecule has 0 atom stereocenters. The number of nitrogens with zero attached hydrogens (tertiary/aromatic N) is 2. The standard InChI is InChI=1S/C20H26ClN3O3S/c1-14-18(20(25)24-12-8-4-5-9-13-24)19(15(2)23(14)3)28(26,27)22-17-11-7-6-10-16(17)21/h6-7,10-11,22H,4-5,8-9,12-13H2,1-3H3. The number of hydrogen-bond donors (Lipinski definition) is 1. The summed E-state index contributed by atoms with van der Waals surface area (Å²) in [6, 6.07) is 6.65. The van der Waals surface area contributed by atoms with Crippen LogP contribution in [-0.2, 0) is 17.1 Å². The number of amides is 1. The first-order chi connectivity index (χ1) is 13.2. The number of nitrogens with one attached hydrogen (secondary N) is 1. The van der Waals surface area contributed by atoms with Gasteiger partial charge in [-0.25, -0.2) is 8.42 Å². The van der Waals surface area contributed by atoms with E-state index >= 15 is 0 Å². The number of rotatable bonds is 4. The molecule has 1 aliphatic rings. The quantitative estimate of drug-likeness (QED) is 0.804. The van der Waals surface area contributed by atoms with Crippen LogP contribution < -0.4 is 4.72 Å². The van der Waals surface area contributed by atoms with Crippen molar-refractivity contribution in [2.45, 2.75) is 44.4 Å². The minimum atomic E-state index is -3.99. The number of likely N-dealkylation sites (tertiary alicyclic amines) is 1. The number of carbonyl (C=O) groups excluding carboxylic acids is 1. The molecule has 0 spiro atoms. The summed E-state index contributed by atoms with van der Waals surface area (Å²) in [6.45, 7) is 4.81. The molecule has 1 aromatic heterocycles. The lowest BCUT2D eigenvalue weighted by Gasteiger charge is -2.21. The maximum atomic E-state index is 13.3. The lowest BCUT2D eigenvalue weighted by Crippen LogP contribution is -2.33. The molecular weight excluding hydrogens is 398 g/mol. The Kier molecular flexibility index (Phi) is 6.05. The highest BCUT2D eigenvalue weighted by atomic mass is 35.5. The molecule has 1 N–H and O–H groups in total. The molecule has 0 saturated carbocycles. The van der Waals surface area contributed by atoms with E-state index in [0.717, 1.165) is 25.7 Å². The normalized spacial score (nSPS) is 15.4. The number of para-hydroxylation sites is 1. The predicted octanol–water partition coefficient (Wildman–Crippen LogP) is 4.11. The summed E-state index contributed by atoms with van der Waals surface area (Å²) in [4.78, 5) is 15.1. The number of anilines is 1. The number of carbonyl (C=O) groups is 1. The van der Waals surface area contributed by atoms with Crippen LogP contribution in [-0.4, -0.2) is 36.9 Å². The SMILES string of the molecule is Cc1c(C(=O)N2CCCCCC2)c(S(=O)(=O)Nc2ccccc2Cl)c(C)n1C. The van der Waals surface area contributed by atoms with Crippen LogP contribution in [0.5, 0.6) is 0 Å². The molecule has 1 aliphatic heterocycles. The van der Waals surface area contributed by atoms with E-state index in [2.05, 4.69) is 4.72 Å². The van der Waals surface area contributed by atoms with Gasteiger partial charge in [-0.1, -0.05) is 36.6 Å². The monoisotopic (exact) mass is 423 g/mol. The van der Waals surface area contributed by atoms with E-state index in [0.29, 0.717) is 35.2 Å². The number of sulfonamides is 1. The third kappa shape index (κ3) is 3.91. The summed E-state index contributed by atoms with van der Waals surface area (Å²) in [7, 11) is -2.22. The van der Waals surface area contributed by atoms with Crippen molar-refractivity contribution in [2.75, 3.05) is 17.8 Å². The van der Waals surface area contributed by atoms with Gasteiger partial charge in [-0.3, -0.25) is 9.52 Å². The van der Waals surface area contributed by atoms with E-state index in [9.17, 15) is 13.2 Å². The highest BCUT2D eigenvalue weighted by Crippen LogP contribution is 2.31. The molecule has 1 fully saturated rings. The molecule has 2 aromatic rings. The second kappa shape index (κ2) is 8.17. The van der Waals surface area contributed by atoms with E-state index in [1.54, 1.807) is 54.6 Å². The van der Waals surface area contributed by atoms with Crippen LogP contribution in [0.4, 0.5) is 5.69 Å². The topological polar surface area (TPSA) is 71.4 Å². The molecule has 0 radical (unpaired) electrons. The van der Waals surface area contributed by atoms with Gasteiger partial charge >= 0.3 is 0 Å². The van der Waals surface area contributed by atoms with Crippen LogP contribution in [0.2, 0.25) is 5.02 Å². The van der Waals surface area contributed by atoms with Crippen molar-refractivity contribution in [2.24, 2.45) is 7.05 Å². The number of halogens is 1. The predicted molar refractivity (Wildman–Crippen MR) is 112 cm³/mol. The largest absolute Gasteiger partial charge is 0.350 e. The molecular formula is C20H26ClN3O3S. The van der Waals surface area contributed by atoms with Gasteiger partial charge in [0, 0.05) is 31.5 Å². The van der Waals surface area contributed by atoms with Crippen LogP contribution in [0, 0.1) is 13.8 Å². The summed E-state index contributed by atoms with van der Waals surface area (Å²) >= 11 is 6.13. The average molecular weight is 424 g/mol. The first-order valence-corrected chi connectivity index (χ1v) is 11.3. The Bertz CT molecular complexity index is 990. The van der Waals surface area contributed by atoms with Crippen LogP contribution in [0.3, 0.4) is 0 Å². The molecule has 152 valence electrons. The Labute approximate surface area is 171 Å². The molecule has 0 aliphatic carbocycles. The first-order valence-electron chi connectivity index (χ1n) is 9.46. The van der Waals surface area contributed by atoms with Crippen LogP contribution in [0.1, 0.15) is 47.4 Å². The number of hydrogen-bond acceptors (Lipinski definition) is 3. The summed E-state index contributed by atoms with van der Waals surface area (Å²) in [5.74, 6) is -0.220.